The molecule has 0 aliphatic carbocycles. The molecule has 0 spiro atoms. The Kier molecular flexibility index (Phi) is 6.60. The molecule has 2 N–H and O–H groups in total. The van der Waals surface area contributed by atoms with Crippen LogP contribution < -0.4 is 5.32 Å². The second-order valence-corrected chi connectivity index (χ2v) is 3.96. The molecule has 18 heavy (non-hydrogen) atoms. The maximum absolute atomic E-state index is 11.6. The van der Waals surface area contributed by atoms with Crippen LogP contribution in [0.25, 0.3) is 0 Å². The zero-order chi connectivity index (χ0) is 13.2. The van der Waals surface area contributed by atoms with Crippen LogP contribution in [0.3, 0.4) is 0 Å². The molecule has 0 aromatic heterocycles. The summed E-state index contributed by atoms with van der Waals surface area (Å²) in [5.41, 5.74) is 1.51. The molecule has 3 nitrogen and oxygen atoms in total. The lowest BCUT2D eigenvalue weighted by molar-refractivity contribution is 0.0945. The molecular weight excluding hydrogens is 226 g/mol. The van der Waals surface area contributed by atoms with Crippen molar-refractivity contribution in [1.82, 2.24) is 5.32 Å². The van der Waals surface area contributed by atoms with E-state index >= 15 is 0 Å². The first kappa shape index (κ1) is 14.3. The van der Waals surface area contributed by atoms with E-state index in [4.69, 9.17) is 5.11 Å². The number of aliphatic hydroxyl groups excluding tert-OH is 1. The molecule has 0 unspecified atom stereocenters. The number of aliphatic hydroxyl groups is 1. The highest BCUT2D eigenvalue weighted by molar-refractivity contribution is 5.94. The van der Waals surface area contributed by atoms with Crippen molar-refractivity contribution in [2.24, 2.45) is 0 Å². The summed E-state index contributed by atoms with van der Waals surface area (Å²) >= 11 is 0. The average molecular weight is 245 g/mol. The topological polar surface area (TPSA) is 49.3 Å². The van der Waals surface area contributed by atoms with Crippen LogP contribution in [0.5, 0.6) is 0 Å². The molecule has 0 bridgehead atoms. The van der Waals surface area contributed by atoms with Crippen molar-refractivity contribution < 1.29 is 9.90 Å². The van der Waals surface area contributed by atoms with Gasteiger partial charge in [0.25, 0.3) is 5.91 Å². The Balaban J connectivity index is 2.56. The third kappa shape index (κ3) is 5.03. The van der Waals surface area contributed by atoms with E-state index in [1.807, 2.05) is 12.1 Å². The second-order valence-electron chi connectivity index (χ2n) is 3.96. The molecule has 1 amide bonds. The molecule has 3 heteroatoms. The van der Waals surface area contributed by atoms with E-state index in [2.05, 4.69) is 24.1 Å². The summed E-state index contributed by atoms with van der Waals surface area (Å²) in [7, 11) is 0. The number of hydrogen-bond donors (Lipinski definition) is 2. The molecule has 96 valence electrons. The van der Waals surface area contributed by atoms with Gasteiger partial charge in [0.1, 0.15) is 0 Å². The maximum Gasteiger partial charge on any atom is 0.251 e. The molecule has 0 heterocycles. The van der Waals surface area contributed by atoms with Gasteiger partial charge in [-0.2, -0.15) is 0 Å². The average Bonchev–Trinajstić information content (AvgIpc) is 2.41. The largest absolute Gasteiger partial charge is 0.395 e. The molecule has 0 fully saturated rings. The molecular formula is C15H19NO2. The van der Waals surface area contributed by atoms with E-state index in [1.165, 1.54) is 0 Å². The first-order valence-corrected chi connectivity index (χ1v) is 6.26. The number of hydrogen-bond acceptors (Lipinski definition) is 2. The molecule has 0 atom stereocenters. The Hall–Kier alpha value is -1.79. The normalized spacial score (nSPS) is 9.44. The van der Waals surface area contributed by atoms with Crippen LogP contribution in [-0.4, -0.2) is 24.2 Å². The van der Waals surface area contributed by atoms with E-state index in [0.717, 1.165) is 24.8 Å². The maximum atomic E-state index is 11.6. The third-order valence-electron chi connectivity index (χ3n) is 2.43. The summed E-state index contributed by atoms with van der Waals surface area (Å²) < 4.78 is 0. The molecule has 1 rings (SSSR count). The number of nitrogens with one attached hydrogen (secondary N) is 1. The quantitative estimate of drug-likeness (QED) is 0.615. The molecule has 0 saturated carbocycles. The van der Waals surface area contributed by atoms with Gasteiger partial charge in [0.05, 0.1) is 6.61 Å². The summed E-state index contributed by atoms with van der Waals surface area (Å²) in [4.78, 5) is 11.6. The Morgan fingerprint density at radius 1 is 1.33 bits per heavy atom. The van der Waals surface area contributed by atoms with Crippen molar-refractivity contribution in [1.29, 1.82) is 0 Å². The van der Waals surface area contributed by atoms with Crippen molar-refractivity contribution in [2.45, 2.75) is 26.2 Å². The number of benzene rings is 1. The van der Waals surface area contributed by atoms with Crippen LogP contribution in [0.2, 0.25) is 0 Å². The van der Waals surface area contributed by atoms with E-state index in [-0.39, 0.29) is 19.1 Å². The predicted molar refractivity (Wildman–Crippen MR) is 72.3 cm³/mol. The zero-order valence-corrected chi connectivity index (χ0v) is 10.7. The van der Waals surface area contributed by atoms with Gasteiger partial charge in [-0.05, 0) is 30.7 Å². The highest BCUT2D eigenvalue weighted by Gasteiger charge is 2.03. The SMILES string of the molecule is CCCCC#Cc1ccc(C(=O)NCCO)cc1. The number of carbonyl (C=O) groups is 1. The smallest absolute Gasteiger partial charge is 0.251 e. The summed E-state index contributed by atoms with van der Waals surface area (Å²) in [6.07, 6.45) is 3.18. The first-order chi connectivity index (χ1) is 8.77. The molecule has 1 aromatic carbocycles. The van der Waals surface area contributed by atoms with Crippen LogP contribution in [-0.2, 0) is 0 Å². The van der Waals surface area contributed by atoms with Gasteiger partial charge in [-0.3, -0.25) is 4.79 Å². The van der Waals surface area contributed by atoms with Crippen molar-refractivity contribution >= 4 is 5.91 Å². The van der Waals surface area contributed by atoms with Crippen molar-refractivity contribution in [3.8, 4) is 11.8 Å². The summed E-state index contributed by atoms with van der Waals surface area (Å²) in [6, 6.07) is 7.17. The van der Waals surface area contributed by atoms with Crippen LogP contribution >= 0.6 is 0 Å². The Bertz CT molecular complexity index is 426. The number of carbonyl (C=O) groups excluding carboxylic acids is 1. The van der Waals surface area contributed by atoms with Gasteiger partial charge in [0.15, 0.2) is 0 Å². The molecule has 0 aliphatic rings. The molecule has 1 aromatic rings. The van der Waals surface area contributed by atoms with Crippen molar-refractivity contribution in [3.63, 3.8) is 0 Å². The lowest BCUT2D eigenvalue weighted by Gasteiger charge is -2.02. The van der Waals surface area contributed by atoms with Crippen LogP contribution in [0.1, 0.15) is 42.1 Å². The van der Waals surface area contributed by atoms with E-state index in [9.17, 15) is 4.79 Å². The summed E-state index contributed by atoms with van der Waals surface area (Å²) in [5, 5.41) is 11.2. The van der Waals surface area contributed by atoms with Gasteiger partial charge in [-0.1, -0.05) is 25.2 Å². The Morgan fingerprint density at radius 3 is 2.67 bits per heavy atom. The number of amides is 1. The standard InChI is InChI=1S/C15H19NO2/c1-2-3-4-5-6-13-7-9-14(10-8-13)15(18)16-11-12-17/h7-10,17H,2-4,11-12H2,1H3,(H,16,18). The number of rotatable bonds is 5. The summed E-state index contributed by atoms with van der Waals surface area (Å²) in [5.74, 6) is 6.00. The lowest BCUT2D eigenvalue weighted by atomic mass is 10.1. The fraction of sp³-hybridized carbons (Fsp3) is 0.400. The second kappa shape index (κ2) is 8.32. The summed E-state index contributed by atoms with van der Waals surface area (Å²) in [6.45, 7) is 2.37. The Labute approximate surface area is 108 Å². The van der Waals surface area contributed by atoms with Gasteiger partial charge < -0.3 is 10.4 Å². The van der Waals surface area contributed by atoms with Crippen molar-refractivity contribution in [3.05, 3.63) is 35.4 Å². The Morgan fingerprint density at radius 2 is 2.06 bits per heavy atom. The minimum atomic E-state index is -0.172. The monoisotopic (exact) mass is 245 g/mol. The molecule has 0 radical (unpaired) electrons. The van der Waals surface area contributed by atoms with Gasteiger partial charge in [-0.25, -0.2) is 0 Å². The molecule has 0 aliphatic heterocycles. The lowest BCUT2D eigenvalue weighted by Crippen LogP contribution is -2.26. The number of unbranched alkanes of at least 4 members (excludes halogenated alkanes) is 2. The minimum absolute atomic E-state index is 0.0489. The fourth-order valence-electron chi connectivity index (χ4n) is 1.41. The fourth-order valence-corrected chi connectivity index (χ4v) is 1.41. The van der Waals surface area contributed by atoms with Gasteiger partial charge >= 0.3 is 0 Å². The zero-order valence-electron chi connectivity index (χ0n) is 10.7. The van der Waals surface area contributed by atoms with Crippen LogP contribution in [0.15, 0.2) is 24.3 Å². The van der Waals surface area contributed by atoms with Gasteiger partial charge in [-0.15, -0.1) is 0 Å². The predicted octanol–water partition coefficient (Wildman–Crippen LogP) is 1.95. The van der Waals surface area contributed by atoms with Crippen molar-refractivity contribution in [2.75, 3.05) is 13.2 Å². The molecule has 0 saturated heterocycles. The third-order valence-corrected chi connectivity index (χ3v) is 2.43. The van der Waals surface area contributed by atoms with E-state index < -0.39 is 0 Å². The minimum Gasteiger partial charge on any atom is -0.395 e. The van der Waals surface area contributed by atoms with Crippen LogP contribution in [0.4, 0.5) is 0 Å². The van der Waals surface area contributed by atoms with E-state index in [1.54, 1.807) is 12.1 Å². The van der Waals surface area contributed by atoms with Gasteiger partial charge in [0, 0.05) is 24.1 Å². The highest BCUT2D eigenvalue weighted by atomic mass is 16.3. The van der Waals surface area contributed by atoms with Gasteiger partial charge in [0.2, 0.25) is 0 Å². The van der Waals surface area contributed by atoms with Crippen LogP contribution in [0, 0.1) is 11.8 Å². The van der Waals surface area contributed by atoms with E-state index in [0.29, 0.717) is 5.56 Å². The highest BCUT2D eigenvalue weighted by Crippen LogP contribution is 2.03. The first-order valence-electron chi connectivity index (χ1n) is 6.26.